The number of nitro groups is 1. The van der Waals surface area contributed by atoms with Gasteiger partial charge in [0.25, 0.3) is 0 Å². The molecule has 1 heterocycles. The number of nitrogens with one attached hydrogen (secondary N) is 2. The van der Waals surface area contributed by atoms with Crippen LogP contribution in [0.5, 0.6) is 0 Å². The van der Waals surface area contributed by atoms with Crippen molar-refractivity contribution < 1.29 is 19.6 Å². The third-order valence-corrected chi connectivity index (χ3v) is 3.52. The van der Waals surface area contributed by atoms with Crippen LogP contribution in [0.25, 0.3) is 0 Å². The highest BCUT2D eigenvalue weighted by Gasteiger charge is 2.25. The molecule has 0 spiro atoms. The van der Waals surface area contributed by atoms with Crippen molar-refractivity contribution in [3.63, 3.8) is 0 Å². The van der Waals surface area contributed by atoms with Gasteiger partial charge < -0.3 is 20.9 Å². The molecule has 1 aromatic heterocycles. The van der Waals surface area contributed by atoms with Gasteiger partial charge in [0, 0.05) is 12.1 Å². The molecule has 1 aromatic rings. The van der Waals surface area contributed by atoms with Gasteiger partial charge in [-0.3, -0.25) is 15.4 Å². The molecule has 0 aliphatic carbocycles. The normalized spacial score (nSPS) is 13.0. The molecule has 10 heteroatoms. The molecule has 5 N–H and O–H groups in total. The number of nitrogens with zero attached hydrogens (tertiary/aromatic N) is 2. The van der Waals surface area contributed by atoms with E-state index in [0.717, 1.165) is 12.8 Å². The highest BCUT2D eigenvalue weighted by atomic mass is 16.6. The van der Waals surface area contributed by atoms with Crippen molar-refractivity contribution in [3.05, 3.63) is 16.2 Å². The van der Waals surface area contributed by atoms with E-state index in [1.54, 1.807) is 13.8 Å². The fraction of sp³-hybridized carbons (Fsp3) is 0.600. The van der Waals surface area contributed by atoms with E-state index >= 15 is 0 Å². The standard InChI is InChI=1S/C15H25N5O5/c1-4-6-7-11(21)9(3)17-10-8-12(19-15(22)25-5-2)18-14(16)13(10)20(23)24/h8-9,11,21H,4-7H2,1-3H3,(H4,16,17,18,19,22). The number of carbonyl (C=O) groups excluding carboxylic acids is 1. The van der Waals surface area contributed by atoms with Crippen molar-refractivity contribution in [3.8, 4) is 0 Å². The molecule has 1 rings (SSSR count). The zero-order chi connectivity index (χ0) is 19.0. The quantitative estimate of drug-likeness (QED) is 0.389. The van der Waals surface area contributed by atoms with Crippen molar-refractivity contribution in [2.75, 3.05) is 23.0 Å². The molecule has 140 valence electrons. The molecule has 25 heavy (non-hydrogen) atoms. The zero-order valence-corrected chi connectivity index (χ0v) is 14.6. The molecule has 10 nitrogen and oxygen atoms in total. The van der Waals surface area contributed by atoms with Gasteiger partial charge in [-0.25, -0.2) is 9.78 Å². The maximum Gasteiger partial charge on any atom is 0.412 e. The van der Waals surface area contributed by atoms with E-state index in [9.17, 15) is 20.0 Å². The van der Waals surface area contributed by atoms with Crippen LogP contribution in [0.15, 0.2) is 6.07 Å². The summed E-state index contributed by atoms with van der Waals surface area (Å²) in [7, 11) is 0. The van der Waals surface area contributed by atoms with E-state index in [1.165, 1.54) is 6.07 Å². The van der Waals surface area contributed by atoms with Crippen molar-refractivity contribution in [2.24, 2.45) is 0 Å². The molecule has 2 atom stereocenters. The fourth-order valence-electron chi connectivity index (χ4n) is 2.20. The summed E-state index contributed by atoms with van der Waals surface area (Å²) < 4.78 is 4.74. The third-order valence-electron chi connectivity index (χ3n) is 3.52. The van der Waals surface area contributed by atoms with E-state index in [-0.39, 0.29) is 23.9 Å². The summed E-state index contributed by atoms with van der Waals surface area (Å²) >= 11 is 0. The number of carbonyl (C=O) groups is 1. The monoisotopic (exact) mass is 355 g/mol. The first-order chi connectivity index (χ1) is 11.8. The molecule has 0 saturated heterocycles. The highest BCUT2D eigenvalue weighted by molar-refractivity contribution is 5.86. The lowest BCUT2D eigenvalue weighted by Crippen LogP contribution is -2.31. The Hall–Kier alpha value is -2.62. The number of unbranched alkanes of at least 4 members (excludes halogenated alkanes) is 1. The Morgan fingerprint density at radius 2 is 2.20 bits per heavy atom. The van der Waals surface area contributed by atoms with Gasteiger partial charge in [-0.1, -0.05) is 19.8 Å². The number of hydrogen-bond donors (Lipinski definition) is 4. The van der Waals surface area contributed by atoms with Crippen molar-refractivity contribution in [1.29, 1.82) is 0 Å². The number of ether oxygens (including phenoxy) is 1. The van der Waals surface area contributed by atoms with Crippen LogP contribution in [0, 0.1) is 10.1 Å². The van der Waals surface area contributed by atoms with Crippen LogP contribution < -0.4 is 16.4 Å². The van der Waals surface area contributed by atoms with E-state index in [1.807, 2.05) is 6.92 Å². The maximum absolute atomic E-state index is 11.5. The van der Waals surface area contributed by atoms with Crippen LogP contribution >= 0.6 is 0 Å². The van der Waals surface area contributed by atoms with Gasteiger partial charge in [-0.05, 0) is 20.3 Å². The van der Waals surface area contributed by atoms with Crippen molar-refractivity contribution in [1.82, 2.24) is 4.98 Å². The predicted octanol–water partition coefficient (Wildman–Crippen LogP) is 2.49. The SMILES string of the molecule is CCCCC(O)C(C)Nc1cc(NC(=O)OCC)nc(N)c1[N+](=O)[O-]. The van der Waals surface area contributed by atoms with Crippen LogP contribution in [0.3, 0.4) is 0 Å². The number of pyridine rings is 1. The summed E-state index contributed by atoms with van der Waals surface area (Å²) in [6, 6.07) is 0.830. The summed E-state index contributed by atoms with van der Waals surface area (Å²) in [4.78, 5) is 25.9. The lowest BCUT2D eigenvalue weighted by Gasteiger charge is -2.21. The Balaban J connectivity index is 3.06. The Morgan fingerprint density at radius 3 is 2.76 bits per heavy atom. The van der Waals surface area contributed by atoms with Crippen LogP contribution in [-0.2, 0) is 4.74 Å². The Kier molecular flexibility index (Phi) is 7.86. The van der Waals surface area contributed by atoms with Gasteiger partial charge in [0.2, 0.25) is 5.82 Å². The lowest BCUT2D eigenvalue weighted by atomic mass is 10.1. The van der Waals surface area contributed by atoms with Crippen LogP contribution in [0.2, 0.25) is 0 Å². The lowest BCUT2D eigenvalue weighted by molar-refractivity contribution is -0.383. The Labute approximate surface area is 145 Å². The molecule has 2 unspecified atom stereocenters. The molecule has 0 bridgehead atoms. The molecule has 1 amide bonds. The zero-order valence-electron chi connectivity index (χ0n) is 14.6. The maximum atomic E-state index is 11.5. The number of aliphatic hydroxyl groups is 1. The average molecular weight is 355 g/mol. The summed E-state index contributed by atoms with van der Waals surface area (Å²) in [6.07, 6.45) is 0.900. The molecule has 0 aromatic carbocycles. The average Bonchev–Trinajstić information content (AvgIpc) is 2.51. The molecule has 0 radical (unpaired) electrons. The Bertz CT molecular complexity index is 610. The first-order valence-corrected chi connectivity index (χ1v) is 8.13. The minimum Gasteiger partial charge on any atom is -0.450 e. The van der Waals surface area contributed by atoms with E-state index < -0.39 is 28.8 Å². The number of rotatable bonds is 9. The number of amides is 1. The van der Waals surface area contributed by atoms with Gasteiger partial charge >= 0.3 is 11.8 Å². The van der Waals surface area contributed by atoms with Gasteiger partial charge in [0.15, 0.2) is 0 Å². The number of hydrogen-bond acceptors (Lipinski definition) is 8. The second kappa shape index (κ2) is 9.62. The molecule has 0 aliphatic rings. The predicted molar refractivity (Wildman–Crippen MR) is 94.6 cm³/mol. The number of anilines is 3. The first kappa shape index (κ1) is 20.4. The van der Waals surface area contributed by atoms with Crippen LogP contribution in [-0.4, -0.2) is 39.9 Å². The summed E-state index contributed by atoms with van der Waals surface area (Å²) in [5.74, 6) is -0.337. The smallest absolute Gasteiger partial charge is 0.412 e. The second-order valence-electron chi connectivity index (χ2n) is 5.53. The fourth-order valence-corrected chi connectivity index (χ4v) is 2.20. The number of aliphatic hydroxyl groups excluding tert-OH is 1. The molecule has 0 fully saturated rings. The van der Waals surface area contributed by atoms with E-state index in [2.05, 4.69) is 15.6 Å². The minimum atomic E-state index is -0.745. The van der Waals surface area contributed by atoms with Crippen LogP contribution in [0.4, 0.5) is 27.8 Å². The summed E-state index contributed by atoms with van der Waals surface area (Å²) in [5, 5.41) is 26.6. The van der Waals surface area contributed by atoms with Crippen LogP contribution in [0.1, 0.15) is 40.0 Å². The first-order valence-electron chi connectivity index (χ1n) is 8.13. The third kappa shape index (κ3) is 6.07. The van der Waals surface area contributed by atoms with Crippen molar-refractivity contribution in [2.45, 2.75) is 52.2 Å². The number of aromatic nitrogens is 1. The van der Waals surface area contributed by atoms with Gasteiger partial charge in [-0.2, -0.15) is 0 Å². The minimum absolute atomic E-state index is 0.0132. The number of nitrogen functional groups attached to an aromatic ring is 1. The molecule has 0 saturated carbocycles. The highest BCUT2D eigenvalue weighted by Crippen LogP contribution is 2.33. The van der Waals surface area contributed by atoms with Gasteiger partial charge in [0.1, 0.15) is 11.5 Å². The van der Waals surface area contributed by atoms with Gasteiger partial charge in [-0.15, -0.1) is 0 Å². The Morgan fingerprint density at radius 1 is 1.52 bits per heavy atom. The summed E-state index contributed by atoms with van der Waals surface area (Å²) in [5.41, 5.74) is 5.31. The van der Waals surface area contributed by atoms with E-state index in [0.29, 0.717) is 6.42 Å². The molecular formula is C15H25N5O5. The molecular weight excluding hydrogens is 330 g/mol. The van der Waals surface area contributed by atoms with Gasteiger partial charge in [0.05, 0.1) is 17.6 Å². The molecule has 0 aliphatic heterocycles. The largest absolute Gasteiger partial charge is 0.450 e. The van der Waals surface area contributed by atoms with E-state index in [4.69, 9.17) is 10.5 Å². The van der Waals surface area contributed by atoms with Crippen molar-refractivity contribution >= 4 is 29.1 Å². The topological polar surface area (TPSA) is 153 Å². The number of nitrogens with two attached hydrogens (primary N) is 1. The summed E-state index contributed by atoms with van der Waals surface area (Å²) in [6.45, 7) is 5.52. The second-order valence-corrected chi connectivity index (χ2v) is 5.53.